The monoisotopic (exact) mass is 391 g/mol. The van der Waals surface area contributed by atoms with Crippen molar-refractivity contribution in [2.75, 3.05) is 5.33 Å². The van der Waals surface area contributed by atoms with E-state index in [1.54, 1.807) is 37.3 Å². The summed E-state index contributed by atoms with van der Waals surface area (Å²) in [6.45, 7) is 5.56. The first-order valence-corrected chi connectivity index (χ1v) is 10.2. The molecule has 6 heteroatoms. The molecule has 2 N–H and O–H groups in total. The van der Waals surface area contributed by atoms with Crippen LogP contribution in [0.4, 0.5) is 0 Å². The Labute approximate surface area is 142 Å². The largest absolute Gasteiger partial charge is 0.390 e. The zero-order valence-corrected chi connectivity index (χ0v) is 15.8. The first-order valence-electron chi connectivity index (χ1n) is 7.60. The van der Waals surface area contributed by atoms with E-state index in [-0.39, 0.29) is 16.9 Å². The fourth-order valence-electron chi connectivity index (χ4n) is 2.33. The van der Waals surface area contributed by atoms with Crippen molar-refractivity contribution in [2.24, 2.45) is 5.92 Å². The number of hydrogen-bond donors (Lipinski definition) is 2. The van der Waals surface area contributed by atoms with Crippen LogP contribution in [-0.2, 0) is 10.0 Å². The Balaban J connectivity index is 2.98. The van der Waals surface area contributed by atoms with Gasteiger partial charge in [-0.3, -0.25) is 0 Å². The molecule has 22 heavy (non-hydrogen) atoms. The maximum Gasteiger partial charge on any atom is 0.240 e. The third-order valence-electron chi connectivity index (χ3n) is 4.31. The first kappa shape index (κ1) is 19.6. The Kier molecular flexibility index (Phi) is 7.52. The molecule has 0 bridgehead atoms. The van der Waals surface area contributed by atoms with E-state index in [2.05, 4.69) is 20.7 Å². The van der Waals surface area contributed by atoms with Gasteiger partial charge in [0.1, 0.15) is 0 Å². The van der Waals surface area contributed by atoms with Crippen molar-refractivity contribution in [2.45, 2.75) is 56.6 Å². The van der Waals surface area contributed by atoms with Crippen molar-refractivity contribution in [3.8, 4) is 0 Å². The maximum atomic E-state index is 12.5. The predicted octanol–water partition coefficient (Wildman–Crippen LogP) is 3.31. The molecule has 0 saturated heterocycles. The first-order chi connectivity index (χ1) is 10.2. The highest BCUT2D eigenvalue weighted by atomic mass is 79.9. The summed E-state index contributed by atoms with van der Waals surface area (Å²) in [5, 5.41) is 11.3. The summed E-state index contributed by atoms with van der Waals surface area (Å²) >= 11 is 3.38. The molecule has 0 heterocycles. The fourth-order valence-corrected chi connectivity index (χ4v) is 4.03. The zero-order valence-electron chi connectivity index (χ0n) is 13.4. The molecule has 0 saturated carbocycles. The number of hydrogen-bond acceptors (Lipinski definition) is 3. The van der Waals surface area contributed by atoms with Gasteiger partial charge in [0.25, 0.3) is 0 Å². The van der Waals surface area contributed by atoms with Crippen LogP contribution in [-0.4, -0.2) is 30.5 Å². The van der Waals surface area contributed by atoms with E-state index >= 15 is 0 Å². The SMILES string of the molecule is CC[C@](C)(O)[C@@H](C)C(CCCBr)NS(=O)(=O)c1ccccc1. The topological polar surface area (TPSA) is 66.4 Å². The Hall–Kier alpha value is -0.430. The lowest BCUT2D eigenvalue weighted by atomic mass is 9.82. The van der Waals surface area contributed by atoms with Crippen LogP contribution in [0.1, 0.15) is 40.0 Å². The van der Waals surface area contributed by atoms with Gasteiger partial charge in [-0.25, -0.2) is 13.1 Å². The highest BCUT2D eigenvalue weighted by Gasteiger charge is 2.34. The standard InChI is InChI=1S/C16H26BrNO3S/c1-4-16(3,19)13(2)15(11-8-12-17)18-22(20,21)14-9-6-5-7-10-14/h5-7,9-10,13,15,18-19H,4,8,11-12H2,1-3H3/t13-,15?,16-/m0/s1. The fraction of sp³-hybridized carbons (Fsp3) is 0.625. The molecule has 1 aromatic carbocycles. The third-order valence-corrected chi connectivity index (χ3v) is 6.38. The summed E-state index contributed by atoms with van der Waals surface area (Å²) in [4.78, 5) is 0.252. The summed E-state index contributed by atoms with van der Waals surface area (Å²) in [6, 6.07) is 8.03. The molecule has 0 aliphatic rings. The third kappa shape index (κ3) is 5.33. The number of halogens is 1. The molecule has 126 valence electrons. The van der Waals surface area contributed by atoms with Crippen LogP contribution in [0.25, 0.3) is 0 Å². The highest BCUT2D eigenvalue weighted by Crippen LogP contribution is 2.27. The van der Waals surface area contributed by atoms with E-state index in [0.717, 1.165) is 11.8 Å². The molecule has 1 unspecified atom stereocenters. The van der Waals surface area contributed by atoms with Gasteiger partial charge in [0.15, 0.2) is 0 Å². The van der Waals surface area contributed by atoms with Gasteiger partial charge in [0.05, 0.1) is 10.5 Å². The lowest BCUT2D eigenvalue weighted by molar-refractivity contribution is -0.0106. The molecule has 0 aromatic heterocycles. The van der Waals surface area contributed by atoms with Gasteiger partial charge < -0.3 is 5.11 Å². The molecule has 0 aliphatic carbocycles. The molecule has 1 rings (SSSR count). The van der Waals surface area contributed by atoms with Crippen LogP contribution >= 0.6 is 15.9 Å². The molecule has 4 nitrogen and oxygen atoms in total. The highest BCUT2D eigenvalue weighted by molar-refractivity contribution is 9.09. The van der Waals surface area contributed by atoms with Gasteiger partial charge in [-0.2, -0.15) is 0 Å². The van der Waals surface area contributed by atoms with Gasteiger partial charge >= 0.3 is 0 Å². The molecule has 0 aliphatic heterocycles. The van der Waals surface area contributed by atoms with E-state index in [0.29, 0.717) is 12.8 Å². The zero-order chi connectivity index (χ0) is 16.8. The van der Waals surface area contributed by atoms with E-state index in [1.807, 2.05) is 13.8 Å². The van der Waals surface area contributed by atoms with Crippen molar-refractivity contribution in [3.63, 3.8) is 0 Å². The molecule has 0 radical (unpaired) electrons. The summed E-state index contributed by atoms with van der Waals surface area (Å²) in [5.41, 5.74) is -0.907. The van der Waals surface area contributed by atoms with Gasteiger partial charge in [-0.05, 0) is 38.3 Å². The lowest BCUT2D eigenvalue weighted by Crippen LogP contribution is -2.48. The molecular formula is C16H26BrNO3S. The molecule has 3 atom stereocenters. The number of sulfonamides is 1. The van der Waals surface area contributed by atoms with Crippen molar-refractivity contribution < 1.29 is 13.5 Å². The minimum Gasteiger partial charge on any atom is -0.390 e. The lowest BCUT2D eigenvalue weighted by Gasteiger charge is -2.35. The Morgan fingerprint density at radius 2 is 1.91 bits per heavy atom. The maximum absolute atomic E-state index is 12.5. The normalized spacial score (nSPS) is 17.7. The Morgan fingerprint density at radius 1 is 1.32 bits per heavy atom. The van der Waals surface area contributed by atoms with Crippen molar-refractivity contribution in [1.82, 2.24) is 4.72 Å². The van der Waals surface area contributed by atoms with Crippen molar-refractivity contribution in [3.05, 3.63) is 30.3 Å². The van der Waals surface area contributed by atoms with Crippen LogP contribution in [0, 0.1) is 5.92 Å². The minimum absolute atomic E-state index is 0.185. The molecule has 0 fully saturated rings. The van der Waals surface area contributed by atoms with Crippen LogP contribution in [0.5, 0.6) is 0 Å². The van der Waals surface area contributed by atoms with Crippen molar-refractivity contribution >= 4 is 26.0 Å². The van der Waals surface area contributed by atoms with Crippen LogP contribution in [0.15, 0.2) is 35.2 Å². The average Bonchev–Trinajstić information content (AvgIpc) is 2.51. The number of aliphatic hydroxyl groups is 1. The summed E-state index contributed by atoms with van der Waals surface area (Å²) in [7, 11) is -3.58. The number of nitrogens with one attached hydrogen (secondary N) is 1. The van der Waals surface area contributed by atoms with Crippen LogP contribution in [0.3, 0.4) is 0 Å². The second-order valence-electron chi connectivity index (χ2n) is 5.87. The van der Waals surface area contributed by atoms with Gasteiger partial charge in [-0.1, -0.05) is 48.0 Å². The second kappa shape index (κ2) is 8.43. The number of rotatable bonds is 9. The Morgan fingerprint density at radius 3 is 2.41 bits per heavy atom. The van der Waals surface area contributed by atoms with Gasteiger partial charge in [-0.15, -0.1) is 0 Å². The van der Waals surface area contributed by atoms with E-state index in [9.17, 15) is 13.5 Å². The summed E-state index contributed by atoms with van der Waals surface area (Å²) in [6.07, 6.45) is 2.09. The Bertz CT molecular complexity index is 546. The van der Waals surface area contributed by atoms with E-state index in [1.165, 1.54) is 0 Å². The van der Waals surface area contributed by atoms with E-state index < -0.39 is 15.6 Å². The van der Waals surface area contributed by atoms with Gasteiger partial charge in [0, 0.05) is 17.3 Å². The predicted molar refractivity (Wildman–Crippen MR) is 93.7 cm³/mol. The van der Waals surface area contributed by atoms with E-state index in [4.69, 9.17) is 0 Å². The molecule has 0 spiro atoms. The minimum atomic E-state index is -3.58. The van der Waals surface area contributed by atoms with Gasteiger partial charge in [0.2, 0.25) is 10.0 Å². The van der Waals surface area contributed by atoms with Crippen molar-refractivity contribution in [1.29, 1.82) is 0 Å². The quantitative estimate of drug-likeness (QED) is 0.634. The molecular weight excluding hydrogens is 366 g/mol. The summed E-state index contributed by atoms with van der Waals surface area (Å²) < 4.78 is 27.8. The van der Waals surface area contributed by atoms with Crippen LogP contribution < -0.4 is 4.72 Å². The smallest absolute Gasteiger partial charge is 0.240 e. The molecule has 0 amide bonds. The molecule has 1 aromatic rings. The number of alkyl halides is 1. The second-order valence-corrected chi connectivity index (χ2v) is 8.38. The summed E-state index contributed by atoms with van der Waals surface area (Å²) in [5.74, 6) is -0.185. The number of benzene rings is 1. The average molecular weight is 392 g/mol. The van der Waals surface area contributed by atoms with Crippen LogP contribution in [0.2, 0.25) is 0 Å².